The maximum Gasteiger partial charge on any atom is 0.175 e. The van der Waals surface area contributed by atoms with E-state index in [1.54, 1.807) is 12.4 Å². The third-order valence-corrected chi connectivity index (χ3v) is 3.94. The van der Waals surface area contributed by atoms with Gasteiger partial charge in [0.1, 0.15) is 5.76 Å². The van der Waals surface area contributed by atoms with Crippen LogP contribution in [0.3, 0.4) is 0 Å². The number of hydrogen-bond donors (Lipinski definition) is 1. The van der Waals surface area contributed by atoms with E-state index in [9.17, 15) is 0 Å². The minimum Gasteiger partial charge on any atom is -0.380 e. The Balaban J connectivity index is 1.98. The first kappa shape index (κ1) is 12.2. The van der Waals surface area contributed by atoms with Crippen molar-refractivity contribution in [1.29, 1.82) is 0 Å². The number of nitrogen functional groups attached to an aromatic ring is 1. The average molecular weight is 257 g/mol. The number of aromatic nitrogens is 2. The molecule has 1 aliphatic carbocycles. The molecule has 1 aliphatic rings. The van der Waals surface area contributed by atoms with E-state index in [-0.39, 0.29) is 0 Å². The first-order chi connectivity index (χ1) is 9.36. The zero-order valence-electron chi connectivity index (χ0n) is 11.0. The summed E-state index contributed by atoms with van der Waals surface area (Å²) in [6.07, 6.45) is 11.1. The molecule has 3 rings (SSSR count). The predicted octanol–water partition coefficient (Wildman–Crippen LogP) is 3.76. The van der Waals surface area contributed by atoms with Gasteiger partial charge in [0.2, 0.25) is 0 Å². The normalized spacial score (nSPS) is 17.3. The number of nitrogens with zero attached hydrogens (tertiary/aromatic N) is 2. The second-order valence-corrected chi connectivity index (χ2v) is 5.23. The molecular formula is C15H19N3O. The van der Waals surface area contributed by atoms with Gasteiger partial charge in [-0.2, -0.15) is 0 Å². The molecule has 0 saturated heterocycles. The van der Waals surface area contributed by atoms with Gasteiger partial charge < -0.3 is 10.3 Å². The van der Waals surface area contributed by atoms with Gasteiger partial charge in [0, 0.05) is 18.3 Å². The lowest BCUT2D eigenvalue weighted by Gasteiger charge is -2.12. The van der Waals surface area contributed by atoms with E-state index in [4.69, 9.17) is 10.3 Å². The van der Waals surface area contributed by atoms with E-state index in [1.165, 1.54) is 38.5 Å². The maximum atomic E-state index is 5.99. The molecule has 4 nitrogen and oxygen atoms in total. The van der Waals surface area contributed by atoms with Crippen molar-refractivity contribution in [3.8, 4) is 11.1 Å². The van der Waals surface area contributed by atoms with E-state index in [1.807, 2.05) is 12.1 Å². The van der Waals surface area contributed by atoms with Gasteiger partial charge >= 0.3 is 0 Å². The summed E-state index contributed by atoms with van der Waals surface area (Å²) in [5, 5.41) is 3.98. The van der Waals surface area contributed by atoms with Crippen LogP contribution in [0.5, 0.6) is 0 Å². The van der Waals surface area contributed by atoms with Gasteiger partial charge in [-0.15, -0.1) is 0 Å². The minimum atomic E-state index is 0.454. The fourth-order valence-corrected chi connectivity index (χ4v) is 2.94. The Morgan fingerprint density at radius 1 is 1.05 bits per heavy atom. The number of anilines is 1. The molecule has 4 heteroatoms. The molecular weight excluding hydrogens is 238 g/mol. The summed E-state index contributed by atoms with van der Waals surface area (Å²) in [5.74, 6) is 1.91. The van der Waals surface area contributed by atoms with Crippen LogP contribution in [0.15, 0.2) is 29.0 Å². The Hall–Kier alpha value is -1.84. The molecule has 0 amide bonds. The topological polar surface area (TPSA) is 64.9 Å². The number of hydrogen-bond acceptors (Lipinski definition) is 4. The zero-order valence-corrected chi connectivity index (χ0v) is 11.0. The highest BCUT2D eigenvalue weighted by Crippen LogP contribution is 2.39. The molecule has 2 aromatic heterocycles. The van der Waals surface area contributed by atoms with Gasteiger partial charge in [-0.3, -0.25) is 4.98 Å². The third kappa shape index (κ3) is 2.48. The van der Waals surface area contributed by atoms with Crippen molar-refractivity contribution >= 4 is 5.82 Å². The second kappa shape index (κ2) is 5.43. The van der Waals surface area contributed by atoms with Crippen LogP contribution < -0.4 is 5.73 Å². The fourth-order valence-electron chi connectivity index (χ4n) is 2.94. The van der Waals surface area contributed by atoms with Crippen LogP contribution in [0.2, 0.25) is 0 Å². The van der Waals surface area contributed by atoms with Crippen molar-refractivity contribution in [1.82, 2.24) is 10.1 Å². The Morgan fingerprint density at radius 3 is 2.42 bits per heavy atom. The summed E-state index contributed by atoms with van der Waals surface area (Å²) in [5.41, 5.74) is 8.01. The van der Waals surface area contributed by atoms with Crippen LogP contribution in [0.25, 0.3) is 11.1 Å². The highest BCUT2D eigenvalue weighted by molar-refractivity contribution is 5.75. The van der Waals surface area contributed by atoms with Crippen molar-refractivity contribution in [2.24, 2.45) is 0 Å². The molecule has 0 bridgehead atoms. The summed E-state index contributed by atoms with van der Waals surface area (Å²) in [7, 11) is 0. The number of pyridine rings is 1. The smallest absolute Gasteiger partial charge is 0.175 e. The fraction of sp³-hybridized carbons (Fsp3) is 0.467. The molecule has 0 aliphatic heterocycles. The van der Waals surface area contributed by atoms with Gasteiger partial charge in [0.25, 0.3) is 0 Å². The quantitative estimate of drug-likeness (QED) is 0.832. The van der Waals surface area contributed by atoms with Crippen molar-refractivity contribution < 1.29 is 4.52 Å². The second-order valence-electron chi connectivity index (χ2n) is 5.23. The summed E-state index contributed by atoms with van der Waals surface area (Å²) in [6.45, 7) is 0. The highest BCUT2D eigenvalue weighted by Gasteiger charge is 2.24. The van der Waals surface area contributed by atoms with Crippen molar-refractivity contribution in [3.05, 3.63) is 30.3 Å². The summed E-state index contributed by atoms with van der Waals surface area (Å²) in [6, 6.07) is 3.92. The van der Waals surface area contributed by atoms with Crippen LogP contribution in [0, 0.1) is 0 Å². The Morgan fingerprint density at radius 2 is 1.74 bits per heavy atom. The molecule has 0 spiro atoms. The average Bonchev–Trinajstić information content (AvgIpc) is 2.67. The molecule has 2 N–H and O–H groups in total. The van der Waals surface area contributed by atoms with E-state index in [0.29, 0.717) is 11.7 Å². The Labute approximate surface area is 113 Å². The standard InChI is InChI=1S/C15H19N3O/c16-15-13(11-7-9-17-10-8-11)14(19-18-15)12-5-3-1-2-4-6-12/h7-10,12H,1-6H2,(H2,16,18). The van der Waals surface area contributed by atoms with Crippen molar-refractivity contribution in [3.63, 3.8) is 0 Å². The Bertz CT molecular complexity index is 528. The first-order valence-corrected chi connectivity index (χ1v) is 7.01. The van der Waals surface area contributed by atoms with E-state index >= 15 is 0 Å². The molecule has 0 aromatic carbocycles. The molecule has 0 radical (unpaired) electrons. The summed E-state index contributed by atoms with van der Waals surface area (Å²) < 4.78 is 5.55. The van der Waals surface area contributed by atoms with Gasteiger partial charge in [0.15, 0.2) is 5.82 Å². The summed E-state index contributed by atoms with van der Waals surface area (Å²) >= 11 is 0. The minimum absolute atomic E-state index is 0.454. The molecule has 1 saturated carbocycles. The van der Waals surface area contributed by atoms with Crippen LogP contribution >= 0.6 is 0 Å². The van der Waals surface area contributed by atoms with Crippen LogP contribution in [0.1, 0.15) is 50.2 Å². The highest BCUT2D eigenvalue weighted by atomic mass is 16.5. The monoisotopic (exact) mass is 257 g/mol. The van der Waals surface area contributed by atoms with E-state index in [2.05, 4.69) is 10.1 Å². The van der Waals surface area contributed by atoms with Gasteiger partial charge in [-0.05, 0) is 30.5 Å². The van der Waals surface area contributed by atoms with Crippen LogP contribution in [0.4, 0.5) is 5.82 Å². The lowest BCUT2D eigenvalue weighted by atomic mass is 9.92. The van der Waals surface area contributed by atoms with Crippen LogP contribution in [-0.2, 0) is 0 Å². The molecule has 2 aromatic rings. The van der Waals surface area contributed by atoms with Gasteiger partial charge in [0.05, 0.1) is 5.56 Å². The first-order valence-electron chi connectivity index (χ1n) is 7.01. The lowest BCUT2D eigenvalue weighted by molar-refractivity contribution is 0.350. The largest absolute Gasteiger partial charge is 0.380 e. The lowest BCUT2D eigenvalue weighted by Crippen LogP contribution is -1.98. The molecule has 1 fully saturated rings. The SMILES string of the molecule is Nc1noc(C2CCCCCC2)c1-c1ccncc1. The van der Waals surface area contributed by atoms with Gasteiger partial charge in [-0.25, -0.2) is 0 Å². The van der Waals surface area contributed by atoms with Crippen molar-refractivity contribution in [2.75, 3.05) is 5.73 Å². The number of rotatable bonds is 2. The van der Waals surface area contributed by atoms with E-state index < -0.39 is 0 Å². The van der Waals surface area contributed by atoms with Crippen molar-refractivity contribution in [2.45, 2.75) is 44.4 Å². The van der Waals surface area contributed by atoms with E-state index in [0.717, 1.165) is 16.9 Å². The van der Waals surface area contributed by atoms with Crippen LogP contribution in [-0.4, -0.2) is 10.1 Å². The molecule has 100 valence electrons. The molecule has 0 unspecified atom stereocenters. The third-order valence-electron chi connectivity index (χ3n) is 3.94. The van der Waals surface area contributed by atoms with Gasteiger partial charge in [-0.1, -0.05) is 30.8 Å². The molecule has 2 heterocycles. The predicted molar refractivity (Wildman–Crippen MR) is 74.6 cm³/mol. The molecule has 0 atom stereocenters. The zero-order chi connectivity index (χ0) is 13.1. The maximum absolute atomic E-state index is 5.99. The molecule has 19 heavy (non-hydrogen) atoms. The number of nitrogens with two attached hydrogens (primary N) is 1. The Kier molecular flexibility index (Phi) is 3.49. The summed E-state index contributed by atoms with van der Waals surface area (Å²) in [4.78, 5) is 4.05.